The molecule has 1 aliphatic heterocycles. The number of non-ortho nitro benzene ring substituents is 1. The van der Waals surface area contributed by atoms with Gasteiger partial charge in [0.05, 0.1) is 15.5 Å². The predicted octanol–water partition coefficient (Wildman–Crippen LogP) is 3.07. The molecule has 0 radical (unpaired) electrons. The molecule has 12 heteroatoms. The minimum atomic E-state index is -3.77. The molecule has 180 valence electrons. The Morgan fingerprint density at radius 3 is 2.37 bits per heavy atom. The Labute approximate surface area is 200 Å². The summed E-state index contributed by atoms with van der Waals surface area (Å²) in [5, 5.41) is 13.7. The number of fused-ring (bicyclic) bond motifs is 1. The van der Waals surface area contributed by atoms with E-state index < -0.39 is 33.3 Å². The lowest BCUT2D eigenvalue weighted by Gasteiger charge is -2.28. The summed E-state index contributed by atoms with van der Waals surface area (Å²) >= 11 is 0. The van der Waals surface area contributed by atoms with Crippen LogP contribution in [0.4, 0.5) is 22.7 Å². The molecule has 0 saturated heterocycles. The van der Waals surface area contributed by atoms with E-state index >= 15 is 0 Å². The number of sulfonamides is 1. The summed E-state index contributed by atoms with van der Waals surface area (Å²) in [6.07, 6.45) is 0. The molecule has 0 fully saturated rings. The highest BCUT2D eigenvalue weighted by Crippen LogP contribution is 2.35. The maximum atomic E-state index is 12.6. The van der Waals surface area contributed by atoms with Gasteiger partial charge in [0, 0.05) is 23.5 Å². The first kappa shape index (κ1) is 23.7. The molecule has 0 atom stereocenters. The Balaban J connectivity index is 1.43. The van der Waals surface area contributed by atoms with E-state index in [0.29, 0.717) is 11.4 Å². The lowest BCUT2D eigenvalue weighted by molar-refractivity contribution is -0.384. The van der Waals surface area contributed by atoms with Crippen molar-refractivity contribution in [3.8, 4) is 5.75 Å². The first-order valence-corrected chi connectivity index (χ1v) is 11.8. The summed E-state index contributed by atoms with van der Waals surface area (Å²) in [6, 6.07) is 16.2. The zero-order valence-electron chi connectivity index (χ0n) is 18.4. The van der Waals surface area contributed by atoms with Crippen molar-refractivity contribution >= 4 is 44.6 Å². The van der Waals surface area contributed by atoms with Crippen molar-refractivity contribution in [2.75, 3.05) is 28.1 Å². The summed E-state index contributed by atoms with van der Waals surface area (Å²) in [4.78, 5) is 36.6. The molecule has 0 unspecified atom stereocenters. The third kappa shape index (κ3) is 5.38. The normalized spacial score (nSPS) is 12.9. The third-order valence-electron chi connectivity index (χ3n) is 5.15. The lowest BCUT2D eigenvalue weighted by Crippen LogP contribution is -2.43. The molecule has 11 nitrogen and oxygen atoms in total. The fourth-order valence-electron chi connectivity index (χ4n) is 3.37. The maximum Gasteiger partial charge on any atom is 0.271 e. The van der Waals surface area contributed by atoms with Gasteiger partial charge in [0.25, 0.3) is 21.6 Å². The van der Waals surface area contributed by atoms with Crippen LogP contribution in [-0.2, 0) is 19.6 Å². The molecule has 3 aromatic carbocycles. The molecular weight excluding hydrogens is 476 g/mol. The molecule has 0 spiro atoms. The van der Waals surface area contributed by atoms with E-state index in [-0.39, 0.29) is 28.6 Å². The van der Waals surface area contributed by atoms with Crippen molar-refractivity contribution in [1.82, 2.24) is 0 Å². The number of hydrogen-bond donors (Lipinski definition) is 2. The van der Waals surface area contributed by atoms with Crippen molar-refractivity contribution in [3.63, 3.8) is 0 Å². The summed E-state index contributed by atoms with van der Waals surface area (Å²) in [5.41, 5.74) is 1.49. The van der Waals surface area contributed by atoms with Crippen LogP contribution in [0.5, 0.6) is 5.75 Å². The van der Waals surface area contributed by atoms with Crippen LogP contribution in [0, 0.1) is 17.0 Å². The molecular formula is C23H20N4O7S. The molecule has 3 aromatic rings. The van der Waals surface area contributed by atoms with Gasteiger partial charge < -0.3 is 10.1 Å². The van der Waals surface area contributed by atoms with Crippen molar-refractivity contribution in [2.24, 2.45) is 0 Å². The van der Waals surface area contributed by atoms with Crippen molar-refractivity contribution in [2.45, 2.75) is 11.8 Å². The number of carbonyl (C=O) groups excluding carboxylic acids is 2. The standard InChI is InChI=1S/C23H20N4O7S/c1-15-2-9-19(10-3-15)35(32,33)25-17-6-4-16(5-7-17)24-22(28)13-26-20-12-18(27(30)31)8-11-21(20)34-14-23(26)29/h2-12,25H,13-14H2,1H3,(H,24,28). The highest BCUT2D eigenvalue weighted by Gasteiger charge is 2.29. The monoisotopic (exact) mass is 496 g/mol. The van der Waals surface area contributed by atoms with Crippen LogP contribution < -0.4 is 19.7 Å². The minimum Gasteiger partial charge on any atom is -0.482 e. The summed E-state index contributed by atoms with van der Waals surface area (Å²) < 4.78 is 32.8. The zero-order chi connectivity index (χ0) is 25.2. The van der Waals surface area contributed by atoms with Crippen molar-refractivity contribution < 1.29 is 27.7 Å². The number of nitrogens with zero attached hydrogens (tertiary/aromatic N) is 2. The van der Waals surface area contributed by atoms with Gasteiger partial charge in [-0.05, 0) is 49.4 Å². The molecule has 0 bridgehead atoms. The number of nitrogens with one attached hydrogen (secondary N) is 2. The second kappa shape index (κ2) is 9.43. The van der Waals surface area contributed by atoms with Gasteiger partial charge in [0.1, 0.15) is 12.3 Å². The molecule has 4 rings (SSSR count). The molecule has 1 aliphatic rings. The van der Waals surface area contributed by atoms with Gasteiger partial charge >= 0.3 is 0 Å². The van der Waals surface area contributed by atoms with E-state index in [9.17, 15) is 28.1 Å². The number of hydrogen-bond acceptors (Lipinski definition) is 7. The van der Waals surface area contributed by atoms with E-state index in [1.807, 2.05) is 6.92 Å². The van der Waals surface area contributed by atoms with Gasteiger partial charge in [-0.2, -0.15) is 0 Å². The fourth-order valence-corrected chi connectivity index (χ4v) is 4.43. The van der Waals surface area contributed by atoms with Gasteiger partial charge in [-0.1, -0.05) is 17.7 Å². The Kier molecular flexibility index (Phi) is 6.38. The van der Waals surface area contributed by atoms with Crippen molar-refractivity contribution in [1.29, 1.82) is 0 Å². The van der Waals surface area contributed by atoms with E-state index in [2.05, 4.69) is 10.0 Å². The smallest absolute Gasteiger partial charge is 0.271 e. The largest absolute Gasteiger partial charge is 0.482 e. The molecule has 0 aliphatic carbocycles. The number of aryl methyl sites for hydroxylation is 1. The summed E-state index contributed by atoms with van der Waals surface area (Å²) in [5.74, 6) is -0.812. The molecule has 1 heterocycles. The van der Waals surface area contributed by atoms with Gasteiger partial charge in [0.15, 0.2) is 6.61 Å². The Morgan fingerprint density at radius 2 is 1.71 bits per heavy atom. The third-order valence-corrected chi connectivity index (χ3v) is 6.55. The second-order valence-electron chi connectivity index (χ2n) is 7.72. The van der Waals surface area contributed by atoms with Crippen LogP contribution in [0.2, 0.25) is 0 Å². The maximum absolute atomic E-state index is 12.6. The SMILES string of the molecule is Cc1ccc(S(=O)(=O)Nc2ccc(NC(=O)CN3C(=O)COc4ccc([N+](=O)[O-])cc43)cc2)cc1. The first-order chi connectivity index (χ1) is 16.6. The van der Waals surface area contributed by atoms with E-state index in [1.54, 1.807) is 12.1 Å². The summed E-state index contributed by atoms with van der Waals surface area (Å²) in [7, 11) is -3.77. The number of anilines is 3. The Bertz CT molecular complexity index is 1400. The van der Waals surface area contributed by atoms with Gasteiger partial charge in [-0.15, -0.1) is 0 Å². The zero-order valence-corrected chi connectivity index (χ0v) is 19.2. The number of benzene rings is 3. The van der Waals surface area contributed by atoms with Crippen LogP contribution in [0.1, 0.15) is 5.56 Å². The molecule has 2 N–H and O–H groups in total. The number of nitro benzene ring substituents is 1. The number of rotatable bonds is 7. The Morgan fingerprint density at radius 1 is 1.06 bits per heavy atom. The fraction of sp³-hybridized carbons (Fsp3) is 0.130. The van der Waals surface area contributed by atoms with Crippen LogP contribution in [-0.4, -0.2) is 38.3 Å². The number of nitro groups is 1. The average Bonchev–Trinajstić information content (AvgIpc) is 2.82. The van der Waals surface area contributed by atoms with Crippen LogP contribution in [0.15, 0.2) is 71.6 Å². The lowest BCUT2D eigenvalue weighted by atomic mass is 10.2. The van der Waals surface area contributed by atoms with Crippen molar-refractivity contribution in [3.05, 3.63) is 82.4 Å². The quantitative estimate of drug-likeness (QED) is 0.377. The summed E-state index contributed by atoms with van der Waals surface area (Å²) in [6.45, 7) is 1.17. The van der Waals surface area contributed by atoms with Crippen LogP contribution in [0.25, 0.3) is 0 Å². The van der Waals surface area contributed by atoms with E-state index in [0.717, 1.165) is 10.5 Å². The van der Waals surface area contributed by atoms with E-state index in [1.165, 1.54) is 54.6 Å². The Hall–Kier alpha value is -4.45. The predicted molar refractivity (Wildman–Crippen MR) is 128 cm³/mol. The highest BCUT2D eigenvalue weighted by molar-refractivity contribution is 7.92. The second-order valence-corrected chi connectivity index (χ2v) is 9.40. The number of ether oxygens (including phenoxy) is 1. The minimum absolute atomic E-state index is 0.121. The van der Waals surface area contributed by atoms with Crippen LogP contribution >= 0.6 is 0 Å². The van der Waals surface area contributed by atoms with Crippen LogP contribution in [0.3, 0.4) is 0 Å². The van der Waals surface area contributed by atoms with Gasteiger partial charge in [-0.3, -0.25) is 29.3 Å². The molecule has 35 heavy (non-hydrogen) atoms. The van der Waals surface area contributed by atoms with Gasteiger partial charge in [0.2, 0.25) is 5.91 Å². The molecule has 0 saturated carbocycles. The van der Waals surface area contributed by atoms with E-state index in [4.69, 9.17) is 4.74 Å². The first-order valence-electron chi connectivity index (χ1n) is 10.3. The number of amides is 2. The molecule has 2 amide bonds. The topological polar surface area (TPSA) is 148 Å². The number of carbonyl (C=O) groups is 2. The highest BCUT2D eigenvalue weighted by atomic mass is 32.2. The van der Waals surface area contributed by atoms with Gasteiger partial charge in [-0.25, -0.2) is 8.42 Å². The average molecular weight is 497 g/mol. The molecule has 0 aromatic heterocycles.